The quantitative estimate of drug-likeness (QED) is 0.136. The first-order valence-corrected chi connectivity index (χ1v) is 15.9. The lowest BCUT2D eigenvalue weighted by Crippen LogP contribution is -2.26. The number of hydrogen-bond donors (Lipinski definition) is 3. The van der Waals surface area contributed by atoms with Crippen molar-refractivity contribution in [3.8, 4) is 11.1 Å². The van der Waals surface area contributed by atoms with Crippen LogP contribution in [0.25, 0.3) is 39.3 Å². The number of nitrogens with one attached hydrogen (secondary N) is 2. The Morgan fingerprint density at radius 3 is 2.49 bits per heavy atom. The summed E-state index contributed by atoms with van der Waals surface area (Å²) >= 11 is 6.26. The summed E-state index contributed by atoms with van der Waals surface area (Å²) in [7, 11) is 0. The lowest BCUT2D eigenvalue weighted by atomic mass is 9.93. The van der Waals surface area contributed by atoms with E-state index in [2.05, 4.69) is 20.2 Å². The van der Waals surface area contributed by atoms with E-state index in [9.17, 15) is 19.5 Å². The molecule has 49 heavy (non-hydrogen) atoms. The molecule has 0 bridgehead atoms. The predicted molar refractivity (Wildman–Crippen MR) is 191 cm³/mol. The van der Waals surface area contributed by atoms with Crippen LogP contribution in [-0.2, 0) is 19.6 Å². The molecule has 0 saturated carbocycles. The summed E-state index contributed by atoms with van der Waals surface area (Å²) in [4.78, 5) is 48.4. The molecule has 3 heterocycles. The molecule has 3 aromatic heterocycles. The molecule has 10 heteroatoms. The zero-order valence-corrected chi connectivity index (χ0v) is 26.8. The molecule has 3 N–H and O–H groups in total. The Morgan fingerprint density at radius 1 is 0.878 bits per heavy atom. The van der Waals surface area contributed by atoms with Crippen LogP contribution in [0.2, 0.25) is 5.02 Å². The molecular formula is C39H29ClN4O5. The maximum atomic E-state index is 13.5. The van der Waals surface area contributed by atoms with Crippen LogP contribution in [0.15, 0.2) is 130 Å². The summed E-state index contributed by atoms with van der Waals surface area (Å²) in [5.41, 5.74) is 4.30. The monoisotopic (exact) mass is 668 g/mol. The number of aromatic amines is 1. The van der Waals surface area contributed by atoms with Crippen molar-refractivity contribution in [3.05, 3.63) is 169 Å². The average Bonchev–Trinajstić information content (AvgIpc) is 3.62. The van der Waals surface area contributed by atoms with Crippen LogP contribution in [0.5, 0.6) is 0 Å². The number of para-hydroxylation sites is 1. The van der Waals surface area contributed by atoms with E-state index < -0.39 is 11.4 Å². The van der Waals surface area contributed by atoms with Gasteiger partial charge in [-0.25, -0.2) is 4.79 Å². The van der Waals surface area contributed by atoms with Gasteiger partial charge in [0.1, 0.15) is 11.2 Å². The fourth-order valence-electron chi connectivity index (χ4n) is 6.06. The summed E-state index contributed by atoms with van der Waals surface area (Å²) in [5.74, 6) is -1.12. The van der Waals surface area contributed by atoms with E-state index in [1.807, 2.05) is 60.8 Å². The number of rotatable bonds is 10. The van der Waals surface area contributed by atoms with Gasteiger partial charge in [0.25, 0.3) is 0 Å². The maximum Gasteiger partial charge on any atom is 0.336 e. The first kappa shape index (κ1) is 31.6. The van der Waals surface area contributed by atoms with Gasteiger partial charge in [-0.3, -0.25) is 19.5 Å². The molecule has 0 amide bonds. The molecule has 0 aliphatic heterocycles. The highest BCUT2D eigenvalue weighted by atomic mass is 35.5. The molecule has 0 fully saturated rings. The Morgan fingerprint density at radius 2 is 1.69 bits per heavy atom. The second-order valence-electron chi connectivity index (χ2n) is 11.6. The van der Waals surface area contributed by atoms with Crippen LogP contribution >= 0.6 is 11.6 Å². The molecule has 242 valence electrons. The van der Waals surface area contributed by atoms with Gasteiger partial charge in [-0.15, -0.1) is 0 Å². The van der Waals surface area contributed by atoms with Crippen molar-refractivity contribution in [2.45, 2.75) is 19.6 Å². The number of nitrogens with zero attached hydrogens (tertiary/aromatic N) is 2. The molecule has 4 aromatic carbocycles. The molecule has 0 radical (unpaired) electrons. The third kappa shape index (κ3) is 6.58. The zero-order chi connectivity index (χ0) is 33.9. The largest absolute Gasteiger partial charge is 0.478 e. The molecule has 0 saturated heterocycles. The first-order valence-electron chi connectivity index (χ1n) is 15.5. The predicted octanol–water partition coefficient (Wildman–Crippen LogP) is 6.82. The third-order valence-electron chi connectivity index (χ3n) is 8.32. The summed E-state index contributed by atoms with van der Waals surface area (Å²) in [6.45, 7) is 1.85. The van der Waals surface area contributed by atoms with Crippen LogP contribution in [-0.4, -0.2) is 25.9 Å². The van der Waals surface area contributed by atoms with E-state index >= 15 is 0 Å². The van der Waals surface area contributed by atoms with Crippen molar-refractivity contribution in [1.82, 2.24) is 14.9 Å². The van der Waals surface area contributed by atoms with Gasteiger partial charge in [0.2, 0.25) is 5.43 Å². The van der Waals surface area contributed by atoms with Gasteiger partial charge >= 0.3 is 5.97 Å². The van der Waals surface area contributed by atoms with E-state index in [1.165, 1.54) is 24.3 Å². The number of pyridine rings is 1. The lowest BCUT2D eigenvalue weighted by molar-refractivity contribution is 0.0697. The Hall–Kier alpha value is -6.03. The molecule has 0 aliphatic rings. The fourth-order valence-corrected chi connectivity index (χ4v) is 6.22. The van der Waals surface area contributed by atoms with Crippen LogP contribution in [0.4, 0.5) is 5.69 Å². The van der Waals surface area contributed by atoms with Gasteiger partial charge in [-0.05, 0) is 65.7 Å². The minimum Gasteiger partial charge on any atom is -0.478 e. The van der Waals surface area contributed by atoms with E-state index in [0.29, 0.717) is 41.5 Å². The minimum absolute atomic E-state index is 0.0324. The third-order valence-corrected chi connectivity index (χ3v) is 8.61. The molecule has 0 aliphatic carbocycles. The molecule has 9 nitrogen and oxygen atoms in total. The topological polar surface area (TPSA) is 129 Å². The number of carbonyl (C=O) groups is 1. The SMILES string of the molecule is O=C(O)c1ccccc1-c1c2cc(Cl)c(=O)cc2oc2/c(=C/Nc3ccccc3CN(Cc3ccccn3)Cc3ccc[nH]3)c(=O)ccc12. The van der Waals surface area contributed by atoms with E-state index in [-0.39, 0.29) is 32.4 Å². The zero-order valence-electron chi connectivity index (χ0n) is 26.0. The van der Waals surface area contributed by atoms with Crippen molar-refractivity contribution in [1.29, 1.82) is 0 Å². The molecule has 7 aromatic rings. The number of carboxylic acid groups (broad SMARTS) is 1. The Labute approximate surface area is 284 Å². The molecule has 0 spiro atoms. The molecular weight excluding hydrogens is 640 g/mol. The van der Waals surface area contributed by atoms with Crippen LogP contribution < -0.4 is 21.4 Å². The fraction of sp³-hybridized carbons (Fsp3) is 0.0769. The van der Waals surface area contributed by atoms with Crippen LogP contribution in [0.3, 0.4) is 0 Å². The Kier molecular flexibility index (Phi) is 8.76. The summed E-state index contributed by atoms with van der Waals surface area (Å²) in [6, 6.07) is 30.0. The number of benzene rings is 4. The summed E-state index contributed by atoms with van der Waals surface area (Å²) in [6.07, 6.45) is 5.27. The van der Waals surface area contributed by atoms with Crippen molar-refractivity contribution in [3.63, 3.8) is 0 Å². The number of aromatic nitrogens is 2. The van der Waals surface area contributed by atoms with Crippen molar-refractivity contribution >= 4 is 51.4 Å². The number of H-pyrrole nitrogens is 1. The normalized spacial score (nSPS) is 11.8. The van der Waals surface area contributed by atoms with E-state index in [1.54, 1.807) is 36.7 Å². The van der Waals surface area contributed by atoms with E-state index in [4.69, 9.17) is 16.0 Å². The number of aromatic carboxylic acids is 1. The van der Waals surface area contributed by atoms with Gasteiger partial charge in [0, 0.05) is 72.0 Å². The van der Waals surface area contributed by atoms with Crippen molar-refractivity contribution in [2.75, 3.05) is 5.32 Å². The Balaban J connectivity index is 1.34. The highest BCUT2D eigenvalue weighted by molar-refractivity contribution is 6.31. The Bertz CT molecular complexity index is 2500. The number of halogens is 1. The number of fused-ring (bicyclic) bond motifs is 2. The van der Waals surface area contributed by atoms with Gasteiger partial charge in [-0.1, -0.05) is 54.1 Å². The maximum absolute atomic E-state index is 13.5. The molecule has 0 atom stereocenters. The smallest absolute Gasteiger partial charge is 0.336 e. The van der Waals surface area contributed by atoms with Crippen LogP contribution in [0, 0.1) is 0 Å². The van der Waals surface area contributed by atoms with Crippen LogP contribution in [0.1, 0.15) is 27.3 Å². The first-order chi connectivity index (χ1) is 23.9. The number of carboxylic acids is 1. The number of anilines is 1. The summed E-state index contributed by atoms with van der Waals surface area (Å²) in [5, 5.41) is 14.5. The van der Waals surface area contributed by atoms with Gasteiger partial charge in [0.05, 0.1) is 21.5 Å². The second-order valence-corrected chi connectivity index (χ2v) is 12.0. The standard InChI is InChI=1S/C39H29ClN4O5/c40-32-18-30-36(19-35(32)46)49-38-29(37(30)27-11-2-3-12-28(27)39(47)48)14-15-34(45)31(38)20-43-33-13-4-1-8-24(33)21-44(23-26-10-7-17-42-26)22-25-9-5-6-16-41-25/h1-20,42-43H,21-23H2,(H,47,48)/b31-20+. The molecule has 0 unspecified atom stereocenters. The lowest BCUT2D eigenvalue weighted by Gasteiger charge is -2.23. The second kappa shape index (κ2) is 13.6. The van der Waals surface area contributed by atoms with E-state index in [0.717, 1.165) is 22.6 Å². The number of hydrogen-bond acceptors (Lipinski definition) is 7. The van der Waals surface area contributed by atoms with Crippen molar-refractivity contribution < 1.29 is 14.3 Å². The molecule has 7 rings (SSSR count). The van der Waals surface area contributed by atoms with Gasteiger partial charge < -0.3 is 19.8 Å². The average molecular weight is 669 g/mol. The highest BCUT2D eigenvalue weighted by Crippen LogP contribution is 2.37. The van der Waals surface area contributed by atoms with Gasteiger partial charge in [0.15, 0.2) is 5.43 Å². The highest BCUT2D eigenvalue weighted by Gasteiger charge is 2.20. The minimum atomic E-state index is -1.12. The van der Waals surface area contributed by atoms with Gasteiger partial charge in [-0.2, -0.15) is 0 Å². The van der Waals surface area contributed by atoms with Crippen molar-refractivity contribution in [2.24, 2.45) is 0 Å². The summed E-state index contributed by atoms with van der Waals surface area (Å²) < 4.78 is 6.27.